The van der Waals surface area contributed by atoms with Crippen LogP contribution in [-0.4, -0.2) is 68.9 Å². The summed E-state index contributed by atoms with van der Waals surface area (Å²) in [6, 6.07) is 12.0. The van der Waals surface area contributed by atoms with Crippen molar-refractivity contribution < 1.29 is 9.53 Å². The van der Waals surface area contributed by atoms with Crippen molar-refractivity contribution >= 4 is 41.6 Å². The fourth-order valence-corrected chi connectivity index (χ4v) is 4.25. The second kappa shape index (κ2) is 11.3. The first-order chi connectivity index (χ1) is 14.0. The van der Waals surface area contributed by atoms with Gasteiger partial charge in [0.1, 0.15) is 16.6 Å². The Balaban J connectivity index is 0.00000320. The summed E-state index contributed by atoms with van der Waals surface area (Å²) in [6.45, 7) is 5.70. The number of aromatic nitrogens is 1. The zero-order valence-corrected chi connectivity index (χ0v) is 19.8. The minimum Gasteiger partial charge on any atom is -0.495 e. The van der Waals surface area contributed by atoms with E-state index in [-0.39, 0.29) is 18.3 Å². The molecule has 2 heterocycles. The Morgan fingerprint density at radius 1 is 1.10 bits per heavy atom. The summed E-state index contributed by atoms with van der Waals surface area (Å²) in [7, 11) is 5.27. The highest BCUT2D eigenvalue weighted by molar-refractivity contribution is 7.99. The molecule has 0 radical (unpaired) electrons. The fraction of sp³-hybridized carbons (Fsp3) is 0.455. The van der Waals surface area contributed by atoms with Gasteiger partial charge in [0.05, 0.1) is 18.4 Å². The van der Waals surface area contributed by atoms with E-state index in [0.29, 0.717) is 5.56 Å². The normalized spacial score (nSPS) is 13.6. The van der Waals surface area contributed by atoms with Crippen molar-refractivity contribution in [3.05, 3.63) is 42.0 Å². The Morgan fingerprint density at radius 2 is 1.77 bits per heavy atom. The third-order valence-electron chi connectivity index (χ3n) is 4.95. The summed E-state index contributed by atoms with van der Waals surface area (Å²) in [5, 5.41) is 0.829. The molecular formula is C22H31ClN4O2S. The molecule has 6 nitrogen and oxygen atoms in total. The number of hydrogen-bond acceptors (Lipinski definition) is 6. The van der Waals surface area contributed by atoms with Crippen molar-refractivity contribution in [3.8, 4) is 5.75 Å². The zero-order valence-electron chi connectivity index (χ0n) is 18.1. The van der Waals surface area contributed by atoms with Crippen molar-refractivity contribution in [3.63, 3.8) is 0 Å². The van der Waals surface area contributed by atoms with E-state index in [9.17, 15) is 4.79 Å². The van der Waals surface area contributed by atoms with E-state index >= 15 is 0 Å². The maximum absolute atomic E-state index is 12.5. The molecular weight excluding hydrogens is 420 g/mol. The first kappa shape index (κ1) is 24.2. The van der Waals surface area contributed by atoms with Gasteiger partial charge in [-0.1, -0.05) is 19.1 Å². The molecule has 1 aliphatic rings. The molecule has 1 aromatic carbocycles. The van der Waals surface area contributed by atoms with Crippen molar-refractivity contribution in [2.75, 3.05) is 62.9 Å². The van der Waals surface area contributed by atoms with E-state index in [1.807, 2.05) is 30.3 Å². The Labute approximate surface area is 190 Å². The lowest BCUT2D eigenvalue weighted by atomic mass is 10.2. The van der Waals surface area contributed by atoms with Crippen LogP contribution in [0.25, 0.3) is 0 Å². The molecule has 0 N–H and O–H groups in total. The van der Waals surface area contributed by atoms with Gasteiger partial charge in [-0.25, -0.2) is 4.98 Å². The van der Waals surface area contributed by atoms with Crippen molar-refractivity contribution in [1.82, 2.24) is 9.88 Å². The molecule has 1 saturated heterocycles. The van der Waals surface area contributed by atoms with Gasteiger partial charge in [-0.15, -0.1) is 24.2 Å². The van der Waals surface area contributed by atoms with Crippen LogP contribution in [0.5, 0.6) is 5.75 Å². The van der Waals surface area contributed by atoms with Crippen LogP contribution in [0.3, 0.4) is 0 Å². The molecule has 1 fully saturated rings. The number of pyridine rings is 1. The Kier molecular flexibility index (Phi) is 9.11. The number of anilines is 2. The van der Waals surface area contributed by atoms with Crippen LogP contribution >= 0.6 is 24.2 Å². The number of amides is 1. The monoisotopic (exact) mass is 450 g/mol. The lowest BCUT2D eigenvalue weighted by Gasteiger charge is -2.37. The summed E-state index contributed by atoms with van der Waals surface area (Å²) in [5.74, 6) is 2.80. The van der Waals surface area contributed by atoms with Gasteiger partial charge in [-0.05, 0) is 36.4 Å². The van der Waals surface area contributed by atoms with E-state index < -0.39 is 0 Å². The molecule has 0 aliphatic carbocycles. The number of nitrogens with zero attached hydrogens (tertiary/aromatic N) is 4. The van der Waals surface area contributed by atoms with E-state index in [1.165, 1.54) is 0 Å². The Morgan fingerprint density at radius 3 is 2.40 bits per heavy atom. The van der Waals surface area contributed by atoms with Gasteiger partial charge in [0, 0.05) is 40.3 Å². The number of piperazine rings is 1. The lowest BCUT2D eigenvalue weighted by Crippen LogP contribution is -2.47. The second-order valence-corrected chi connectivity index (χ2v) is 8.30. The number of rotatable bonds is 7. The molecule has 0 saturated carbocycles. The molecule has 30 heavy (non-hydrogen) atoms. The molecule has 0 atom stereocenters. The number of carbonyl (C=O) groups is 1. The lowest BCUT2D eigenvalue weighted by molar-refractivity contribution is 0.0823. The highest BCUT2D eigenvalue weighted by Crippen LogP contribution is 2.30. The molecule has 0 unspecified atom stereocenters. The summed E-state index contributed by atoms with van der Waals surface area (Å²) in [5.41, 5.74) is 1.82. The van der Waals surface area contributed by atoms with E-state index in [2.05, 4.69) is 22.8 Å². The molecule has 164 valence electrons. The summed E-state index contributed by atoms with van der Waals surface area (Å²) in [4.78, 5) is 23.6. The quantitative estimate of drug-likeness (QED) is 0.593. The first-order valence-electron chi connectivity index (χ1n) is 10.0. The number of ether oxygens (including phenoxy) is 1. The molecule has 1 aliphatic heterocycles. The van der Waals surface area contributed by atoms with Crippen molar-refractivity contribution in [2.24, 2.45) is 0 Å². The van der Waals surface area contributed by atoms with Gasteiger partial charge in [0.25, 0.3) is 5.91 Å². The topological polar surface area (TPSA) is 48.9 Å². The molecule has 0 bridgehead atoms. The SMILES string of the molecule is CCCSc1nc(N2CCN(c3ccccc3OC)CC2)ccc1C(=O)N(C)C.Cl. The number of halogens is 1. The average Bonchev–Trinajstić information content (AvgIpc) is 2.77. The highest BCUT2D eigenvalue weighted by atomic mass is 35.5. The number of carbonyl (C=O) groups excluding carboxylic acids is 1. The smallest absolute Gasteiger partial charge is 0.256 e. The molecule has 0 spiro atoms. The average molecular weight is 451 g/mol. The Bertz CT molecular complexity index is 842. The van der Waals surface area contributed by atoms with Crippen LogP contribution < -0.4 is 14.5 Å². The van der Waals surface area contributed by atoms with E-state index in [1.54, 1.807) is 37.9 Å². The Hall–Kier alpha value is -2.12. The van der Waals surface area contributed by atoms with Gasteiger partial charge in [-0.3, -0.25) is 4.79 Å². The summed E-state index contributed by atoms with van der Waals surface area (Å²) >= 11 is 1.66. The molecule has 3 rings (SSSR count). The molecule has 2 aromatic rings. The highest BCUT2D eigenvalue weighted by Gasteiger charge is 2.22. The minimum absolute atomic E-state index is 0. The largest absolute Gasteiger partial charge is 0.495 e. The maximum atomic E-state index is 12.5. The zero-order chi connectivity index (χ0) is 20.8. The van der Waals surface area contributed by atoms with Crippen LogP contribution in [0.2, 0.25) is 0 Å². The number of hydrogen-bond donors (Lipinski definition) is 0. The standard InChI is InChI=1S/C22H30N4O2S.ClH/c1-5-16-29-21-17(22(27)24(2)3)10-11-20(23-21)26-14-12-25(13-15-26)18-8-6-7-9-19(18)28-4;/h6-11H,5,12-16H2,1-4H3;1H. The van der Waals surface area contributed by atoms with Gasteiger partial charge < -0.3 is 19.4 Å². The maximum Gasteiger partial charge on any atom is 0.256 e. The predicted molar refractivity (Wildman–Crippen MR) is 128 cm³/mol. The molecule has 8 heteroatoms. The van der Waals surface area contributed by atoms with Crippen LogP contribution in [-0.2, 0) is 0 Å². The number of methoxy groups -OCH3 is 1. The van der Waals surface area contributed by atoms with Crippen LogP contribution in [0.4, 0.5) is 11.5 Å². The van der Waals surface area contributed by atoms with Crippen LogP contribution in [0.1, 0.15) is 23.7 Å². The van der Waals surface area contributed by atoms with Crippen LogP contribution in [0.15, 0.2) is 41.4 Å². The van der Waals surface area contributed by atoms with Gasteiger partial charge in [-0.2, -0.15) is 0 Å². The van der Waals surface area contributed by atoms with Crippen molar-refractivity contribution in [1.29, 1.82) is 0 Å². The minimum atomic E-state index is 0. The fourth-order valence-electron chi connectivity index (χ4n) is 3.39. The summed E-state index contributed by atoms with van der Waals surface area (Å²) < 4.78 is 5.51. The first-order valence-corrected chi connectivity index (χ1v) is 11.0. The molecule has 1 aromatic heterocycles. The van der Waals surface area contributed by atoms with Gasteiger partial charge >= 0.3 is 0 Å². The third-order valence-corrected chi connectivity index (χ3v) is 6.15. The summed E-state index contributed by atoms with van der Waals surface area (Å²) in [6.07, 6.45) is 1.05. The number of thioether (sulfide) groups is 1. The number of benzene rings is 1. The van der Waals surface area contributed by atoms with Crippen LogP contribution in [0, 0.1) is 0 Å². The van der Waals surface area contributed by atoms with Gasteiger partial charge in [0.15, 0.2) is 0 Å². The van der Waals surface area contributed by atoms with Crippen molar-refractivity contribution in [2.45, 2.75) is 18.4 Å². The van der Waals surface area contributed by atoms with E-state index in [4.69, 9.17) is 9.72 Å². The van der Waals surface area contributed by atoms with Gasteiger partial charge in [0.2, 0.25) is 0 Å². The second-order valence-electron chi connectivity index (χ2n) is 7.22. The third kappa shape index (κ3) is 5.52. The molecule has 1 amide bonds. The number of para-hydroxylation sites is 2. The van der Waals surface area contributed by atoms with E-state index in [0.717, 1.165) is 60.6 Å². The predicted octanol–water partition coefficient (Wildman–Crippen LogP) is 4.04.